The molecule has 1 aromatic carbocycles. The van der Waals surface area contributed by atoms with Crippen LogP contribution in [0.4, 0.5) is 0 Å². The summed E-state index contributed by atoms with van der Waals surface area (Å²) < 4.78 is 5.44. The second kappa shape index (κ2) is 6.01. The second-order valence-electron chi connectivity index (χ2n) is 5.70. The molecule has 0 aliphatic rings. The molecule has 2 aromatic rings. The number of fused-ring (bicyclic) bond motifs is 1. The van der Waals surface area contributed by atoms with Crippen LogP contribution in [0.15, 0.2) is 18.2 Å². The Morgan fingerprint density at radius 1 is 1.24 bits per heavy atom. The number of benzene rings is 1. The molecule has 0 spiro atoms. The van der Waals surface area contributed by atoms with Gasteiger partial charge in [0.25, 0.3) is 0 Å². The summed E-state index contributed by atoms with van der Waals surface area (Å²) in [5, 5.41) is 0.691. The number of aryl methyl sites for hydroxylation is 1. The molecule has 21 heavy (non-hydrogen) atoms. The molecule has 0 atom stereocenters. The fourth-order valence-corrected chi connectivity index (χ4v) is 2.45. The number of esters is 1. The molecule has 0 unspecified atom stereocenters. The number of nitrogens with zero attached hydrogens (tertiary/aromatic N) is 2. The fraction of sp³-hybridized carbons (Fsp3) is 0.400. The van der Waals surface area contributed by atoms with E-state index in [1.807, 2.05) is 39.0 Å². The Balaban J connectivity index is 2.60. The van der Waals surface area contributed by atoms with E-state index in [2.05, 4.69) is 41.8 Å². The summed E-state index contributed by atoms with van der Waals surface area (Å²) in [5.74, 6) is 0.112. The fourth-order valence-electron chi connectivity index (χ4n) is 1.88. The van der Waals surface area contributed by atoms with Crippen LogP contribution >= 0.6 is 31.9 Å². The van der Waals surface area contributed by atoms with Crippen molar-refractivity contribution in [2.45, 2.75) is 37.0 Å². The maximum Gasteiger partial charge on any atom is 0.358 e. The Hall–Kier alpha value is -1.01. The van der Waals surface area contributed by atoms with Crippen molar-refractivity contribution >= 4 is 48.7 Å². The molecule has 1 heterocycles. The van der Waals surface area contributed by atoms with Crippen molar-refractivity contribution in [3.8, 4) is 0 Å². The number of rotatable bonds is 2. The number of carbonyl (C=O) groups excluding carboxylic acids is 1. The Bertz CT molecular complexity index is 694. The van der Waals surface area contributed by atoms with Crippen molar-refractivity contribution in [2.75, 3.05) is 0 Å². The Kier molecular flexibility index (Phi) is 4.68. The molecule has 1 aromatic heterocycles. The van der Waals surface area contributed by atoms with E-state index in [-0.39, 0.29) is 3.74 Å². The van der Waals surface area contributed by atoms with Crippen molar-refractivity contribution in [1.82, 2.24) is 9.97 Å². The van der Waals surface area contributed by atoms with E-state index in [4.69, 9.17) is 4.74 Å². The highest BCUT2D eigenvalue weighted by Crippen LogP contribution is 2.31. The summed E-state index contributed by atoms with van der Waals surface area (Å²) in [6.45, 7) is 7.26. The lowest BCUT2D eigenvalue weighted by Gasteiger charge is -2.19. The van der Waals surface area contributed by atoms with E-state index < -0.39 is 11.6 Å². The van der Waals surface area contributed by atoms with Gasteiger partial charge in [0.05, 0.1) is 9.25 Å². The summed E-state index contributed by atoms with van der Waals surface area (Å²) in [7, 11) is 0. The van der Waals surface area contributed by atoms with Gasteiger partial charge < -0.3 is 4.74 Å². The Labute approximate surface area is 140 Å². The molecule has 4 nitrogen and oxygen atoms in total. The quantitative estimate of drug-likeness (QED) is 0.527. The van der Waals surface area contributed by atoms with Gasteiger partial charge in [0.1, 0.15) is 11.4 Å². The van der Waals surface area contributed by atoms with Crippen LogP contribution < -0.4 is 0 Å². The molecular weight excluding hydrogens is 400 g/mol. The van der Waals surface area contributed by atoms with Gasteiger partial charge in [-0.1, -0.05) is 37.9 Å². The lowest BCUT2D eigenvalue weighted by molar-refractivity contribution is 0.00649. The minimum atomic E-state index is -0.562. The van der Waals surface area contributed by atoms with Crippen LogP contribution in [0, 0.1) is 6.92 Å². The molecule has 0 amide bonds. The average molecular weight is 416 g/mol. The van der Waals surface area contributed by atoms with E-state index in [1.54, 1.807) is 6.92 Å². The lowest BCUT2D eigenvalue weighted by Crippen LogP contribution is -2.25. The normalized spacial score (nSPS) is 12.0. The molecule has 0 N–H and O–H groups in total. The minimum Gasteiger partial charge on any atom is -0.455 e. The number of aromatic nitrogens is 2. The molecular formula is C15H16Br2N2O2. The molecule has 0 saturated carbocycles. The average Bonchev–Trinajstić information content (AvgIpc) is 2.34. The van der Waals surface area contributed by atoms with Gasteiger partial charge in [-0.2, -0.15) is 0 Å². The van der Waals surface area contributed by atoms with Gasteiger partial charge in [-0.05, 0) is 45.4 Å². The minimum absolute atomic E-state index is 0.00203. The van der Waals surface area contributed by atoms with Crippen molar-refractivity contribution in [1.29, 1.82) is 0 Å². The van der Waals surface area contributed by atoms with Crippen molar-refractivity contribution in [3.63, 3.8) is 0 Å². The molecule has 112 valence electrons. The van der Waals surface area contributed by atoms with Crippen molar-refractivity contribution < 1.29 is 9.53 Å². The zero-order valence-electron chi connectivity index (χ0n) is 12.3. The van der Waals surface area contributed by atoms with Gasteiger partial charge in [0, 0.05) is 5.39 Å². The van der Waals surface area contributed by atoms with E-state index in [0.29, 0.717) is 16.9 Å². The first kappa shape index (κ1) is 16.4. The molecule has 2 rings (SSSR count). The largest absolute Gasteiger partial charge is 0.455 e. The van der Waals surface area contributed by atoms with E-state index in [0.717, 1.165) is 11.1 Å². The number of carbonyl (C=O) groups is 1. The maximum absolute atomic E-state index is 12.4. The summed E-state index contributed by atoms with van der Waals surface area (Å²) >= 11 is 6.91. The lowest BCUT2D eigenvalue weighted by atomic mass is 10.1. The zero-order chi connectivity index (χ0) is 15.8. The van der Waals surface area contributed by atoms with Gasteiger partial charge in [0.15, 0.2) is 5.69 Å². The predicted molar refractivity (Wildman–Crippen MR) is 90.0 cm³/mol. The van der Waals surface area contributed by atoms with Crippen LogP contribution in [0.5, 0.6) is 0 Å². The SMILES string of the molecule is Cc1nc(C(=O)OC(C)(C)C)c2cc(C(Br)Br)ccc2n1. The molecule has 0 bridgehead atoms. The van der Waals surface area contributed by atoms with Crippen LogP contribution in [-0.4, -0.2) is 21.5 Å². The highest BCUT2D eigenvalue weighted by atomic mass is 79.9. The van der Waals surface area contributed by atoms with Crippen molar-refractivity contribution in [2.24, 2.45) is 0 Å². The van der Waals surface area contributed by atoms with Crippen LogP contribution in [0.25, 0.3) is 10.9 Å². The first-order chi connectivity index (χ1) is 9.67. The molecule has 6 heteroatoms. The zero-order valence-corrected chi connectivity index (χ0v) is 15.4. The van der Waals surface area contributed by atoms with Gasteiger partial charge in [-0.25, -0.2) is 14.8 Å². The first-order valence-corrected chi connectivity index (χ1v) is 8.30. The number of hydrogen-bond donors (Lipinski definition) is 0. The van der Waals surface area contributed by atoms with E-state index >= 15 is 0 Å². The number of hydrogen-bond acceptors (Lipinski definition) is 4. The first-order valence-electron chi connectivity index (χ1n) is 6.47. The maximum atomic E-state index is 12.4. The summed E-state index contributed by atoms with van der Waals surface area (Å²) in [6.07, 6.45) is 0. The van der Waals surface area contributed by atoms with Gasteiger partial charge in [-0.15, -0.1) is 0 Å². The predicted octanol–water partition coefficient (Wildman–Crippen LogP) is 4.68. The third-order valence-electron chi connectivity index (χ3n) is 2.68. The van der Waals surface area contributed by atoms with Gasteiger partial charge >= 0.3 is 5.97 Å². The smallest absolute Gasteiger partial charge is 0.358 e. The van der Waals surface area contributed by atoms with Crippen molar-refractivity contribution in [3.05, 3.63) is 35.3 Å². The molecule has 0 fully saturated rings. The standard InChI is InChI=1S/C15H16Br2N2O2/c1-8-18-11-6-5-9(13(16)17)7-10(11)12(19-8)14(20)21-15(2,3)4/h5-7,13H,1-4H3. The highest BCUT2D eigenvalue weighted by Gasteiger charge is 2.22. The third kappa shape index (κ3) is 4.01. The van der Waals surface area contributed by atoms with Gasteiger partial charge in [0.2, 0.25) is 0 Å². The van der Waals surface area contributed by atoms with Crippen LogP contribution in [0.1, 0.15) is 46.4 Å². The summed E-state index contributed by atoms with van der Waals surface area (Å²) in [6, 6.07) is 5.72. The monoisotopic (exact) mass is 414 g/mol. The molecule has 0 saturated heterocycles. The topological polar surface area (TPSA) is 52.1 Å². The molecule has 0 aliphatic heterocycles. The summed E-state index contributed by atoms with van der Waals surface area (Å²) in [5.41, 5.74) is 1.45. The molecule has 0 radical (unpaired) electrons. The number of alkyl halides is 2. The highest BCUT2D eigenvalue weighted by molar-refractivity contribution is 9.24. The number of halogens is 2. The van der Waals surface area contributed by atoms with Crippen LogP contribution in [-0.2, 0) is 4.74 Å². The van der Waals surface area contributed by atoms with E-state index in [1.165, 1.54) is 0 Å². The summed E-state index contributed by atoms with van der Waals surface area (Å²) in [4.78, 5) is 21.0. The number of ether oxygens (including phenoxy) is 1. The van der Waals surface area contributed by atoms with Gasteiger partial charge in [-0.3, -0.25) is 0 Å². The third-order valence-corrected chi connectivity index (χ3v) is 3.73. The second-order valence-corrected chi connectivity index (χ2v) is 8.76. The Morgan fingerprint density at radius 3 is 2.48 bits per heavy atom. The molecule has 0 aliphatic carbocycles. The van der Waals surface area contributed by atoms with E-state index in [9.17, 15) is 4.79 Å². The Morgan fingerprint density at radius 2 is 1.90 bits per heavy atom. The van der Waals surface area contributed by atoms with Crippen LogP contribution in [0.3, 0.4) is 0 Å². The van der Waals surface area contributed by atoms with Crippen LogP contribution in [0.2, 0.25) is 0 Å².